The number of likely N-dealkylation sites (tertiary alicyclic amines) is 1. The Morgan fingerprint density at radius 2 is 1.42 bits per heavy atom. The van der Waals surface area contributed by atoms with Crippen molar-refractivity contribution in [3.63, 3.8) is 0 Å². The molecular weight excluding hydrogens is 506 g/mol. The van der Waals surface area contributed by atoms with E-state index in [0.717, 1.165) is 5.69 Å². The van der Waals surface area contributed by atoms with Crippen molar-refractivity contribution in [2.75, 3.05) is 57.4 Å². The highest BCUT2D eigenvalue weighted by molar-refractivity contribution is 6.30. The number of benzene rings is 2. The number of hydrogen-bond donors (Lipinski definition) is 0. The van der Waals surface area contributed by atoms with Crippen LogP contribution in [0.5, 0.6) is 0 Å². The summed E-state index contributed by atoms with van der Waals surface area (Å²) in [7, 11) is 0. The van der Waals surface area contributed by atoms with Crippen LogP contribution in [0.1, 0.15) is 30.1 Å². The quantitative estimate of drug-likeness (QED) is 0.597. The lowest BCUT2D eigenvalue weighted by Gasteiger charge is -2.43. The van der Waals surface area contributed by atoms with Crippen LogP contribution in [0.3, 0.4) is 0 Å². The molecule has 0 aromatic heterocycles. The molecule has 200 valence electrons. The SMILES string of the molecule is CC(=O)N1CCN(C(=O)CN2CN(c3ccccc3)C3(CCN(C(=O)c4ccc(Cl)cc4)CC3)C2=O)CC1. The number of piperidine rings is 1. The molecular formula is C28H32ClN5O4. The Bertz CT molecular complexity index is 1210. The summed E-state index contributed by atoms with van der Waals surface area (Å²) < 4.78 is 0. The molecule has 3 aliphatic heterocycles. The van der Waals surface area contributed by atoms with Crippen LogP contribution in [0.15, 0.2) is 54.6 Å². The molecule has 1 spiro atoms. The van der Waals surface area contributed by atoms with Gasteiger partial charge in [-0.2, -0.15) is 0 Å². The van der Waals surface area contributed by atoms with Gasteiger partial charge in [-0.3, -0.25) is 19.2 Å². The molecule has 0 bridgehead atoms. The van der Waals surface area contributed by atoms with E-state index in [-0.39, 0.29) is 30.2 Å². The van der Waals surface area contributed by atoms with Gasteiger partial charge < -0.3 is 24.5 Å². The van der Waals surface area contributed by atoms with Crippen LogP contribution >= 0.6 is 11.6 Å². The van der Waals surface area contributed by atoms with Gasteiger partial charge in [-0.15, -0.1) is 0 Å². The lowest BCUT2D eigenvalue weighted by atomic mass is 9.85. The first-order valence-electron chi connectivity index (χ1n) is 13.0. The maximum Gasteiger partial charge on any atom is 0.253 e. The van der Waals surface area contributed by atoms with Crippen molar-refractivity contribution in [2.45, 2.75) is 25.3 Å². The molecule has 9 nitrogen and oxygen atoms in total. The van der Waals surface area contributed by atoms with Gasteiger partial charge in [0.2, 0.25) is 11.8 Å². The third-order valence-electron chi connectivity index (χ3n) is 7.95. The predicted octanol–water partition coefficient (Wildman–Crippen LogP) is 2.31. The molecule has 38 heavy (non-hydrogen) atoms. The van der Waals surface area contributed by atoms with E-state index < -0.39 is 5.54 Å². The van der Waals surface area contributed by atoms with Crippen LogP contribution < -0.4 is 4.90 Å². The molecule has 5 rings (SSSR count). The second kappa shape index (κ2) is 10.6. The summed E-state index contributed by atoms with van der Waals surface area (Å²) in [6, 6.07) is 16.6. The van der Waals surface area contributed by atoms with Crippen LogP contribution in [-0.2, 0) is 14.4 Å². The van der Waals surface area contributed by atoms with E-state index in [1.165, 1.54) is 6.92 Å². The first-order valence-corrected chi connectivity index (χ1v) is 13.4. The minimum absolute atomic E-state index is 0.00257. The van der Waals surface area contributed by atoms with E-state index in [4.69, 9.17) is 11.6 Å². The summed E-state index contributed by atoms with van der Waals surface area (Å²) in [6.07, 6.45) is 0.948. The van der Waals surface area contributed by atoms with Crippen LogP contribution in [-0.4, -0.2) is 101 Å². The molecule has 0 atom stereocenters. The average molecular weight is 538 g/mol. The van der Waals surface area contributed by atoms with Crippen LogP contribution in [0.25, 0.3) is 0 Å². The number of nitrogens with zero attached hydrogens (tertiary/aromatic N) is 5. The van der Waals surface area contributed by atoms with E-state index in [2.05, 4.69) is 4.90 Å². The summed E-state index contributed by atoms with van der Waals surface area (Å²) in [5.74, 6) is -0.254. The van der Waals surface area contributed by atoms with Gasteiger partial charge >= 0.3 is 0 Å². The van der Waals surface area contributed by atoms with Crippen molar-refractivity contribution in [3.8, 4) is 0 Å². The monoisotopic (exact) mass is 537 g/mol. The number of amides is 4. The Balaban J connectivity index is 1.31. The molecule has 3 aliphatic rings. The van der Waals surface area contributed by atoms with Crippen molar-refractivity contribution in [1.29, 1.82) is 0 Å². The van der Waals surface area contributed by atoms with Gasteiger partial charge in [-0.05, 0) is 49.2 Å². The first-order chi connectivity index (χ1) is 18.3. The molecule has 2 aromatic carbocycles. The third-order valence-corrected chi connectivity index (χ3v) is 8.21. The van der Waals surface area contributed by atoms with E-state index in [1.807, 2.05) is 30.3 Å². The van der Waals surface area contributed by atoms with E-state index >= 15 is 0 Å². The van der Waals surface area contributed by atoms with Gasteiger partial charge in [0.25, 0.3) is 11.8 Å². The number of rotatable bonds is 4. The number of piperazine rings is 1. The predicted molar refractivity (Wildman–Crippen MR) is 144 cm³/mol. The summed E-state index contributed by atoms with van der Waals surface area (Å²) >= 11 is 5.98. The van der Waals surface area contributed by atoms with Gasteiger partial charge in [-0.1, -0.05) is 29.8 Å². The van der Waals surface area contributed by atoms with E-state index in [9.17, 15) is 19.2 Å². The smallest absolute Gasteiger partial charge is 0.253 e. The molecule has 0 radical (unpaired) electrons. The third kappa shape index (κ3) is 4.95. The highest BCUT2D eigenvalue weighted by Crippen LogP contribution is 2.39. The summed E-state index contributed by atoms with van der Waals surface area (Å²) in [6.45, 7) is 4.66. The maximum absolute atomic E-state index is 14.0. The Hall–Kier alpha value is -3.59. The highest BCUT2D eigenvalue weighted by Gasteiger charge is 2.54. The molecule has 2 aromatic rings. The lowest BCUT2D eigenvalue weighted by Crippen LogP contribution is -2.57. The second-order valence-electron chi connectivity index (χ2n) is 10.1. The van der Waals surface area contributed by atoms with E-state index in [1.54, 1.807) is 43.9 Å². The van der Waals surface area contributed by atoms with Crippen LogP contribution in [0.4, 0.5) is 5.69 Å². The Morgan fingerprint density at radius 1 is 0.816 bits per heavy atom. The second-order valence-corrected chi connectivity index (χ2v) is 10.6. The normalized spacial score (nSPS) is 19.3. The van der Waals surface area contributed by atoms with Crippen molar-refractivity contribution < 1.29 is 19.2 Å². The molecule has 10 heteroatoms. The van der Waals surface area contributed by atoms with Crippen LogP contribution in [0, 0.1) is 0 Å². The molecule has 0 aliphatic carbocycles. The first kappa shape index (κ1) is 26.0. The fourth-order valence-electron chi connectivity index (χ4n) is 5.71. The van der Waals surface area contributed by atoms with Crippen molar-refractivity contribution >= 4 is 40.9 Å². The molecule has 3 fully saturated rings. The number of para-hydroxylation sites is 1. The van der Waals surface area contributed by atoms with E-state index in [0.29, 0.717) is 69.4 Å². The molecule has 3 saturated heterocycles. The van der Waals surface area contributed by atoms with Crippen molar-refractivity contribution in [3.05, 3.63) is 65.2 Å². The Kier molecular flexibility index (Phi) is 7.29. The van der Waals surface area contributed by atoms with Gasteiger partial charge in [-0.25, -0.2) is 0 Å². The Morgan fingerprint density at radius 3 is 2.03 bits per heavy atom. The zero-order chi connectivity index (χ0) is 26.9. The zero-order valence-electron chi connectivity index (χ0n) is 21.5. The van der Waals surface area contributed by atoms with Gasteiger partial charge in [0.1, 0.15) is 12.1 Å². The average Bonchev–Trinajstić information content (AvgIpc) is 3.20. The summed E-state index contributed by atoms with van der Waals surface area (Å²) in [4.78, 5) is 60.8. The number of carbonyl (C=O) groups is 4. The highest BCUT2D eigenvalue weighted by atomic mass is 35.5. The fourth-order valence-corrected chi connectivity index (χ4v) is 5.84. The Labute approximate surface area is 227 Å². The number of halogens is 1. The standard InChI is InChI=1S/C28H32ClN5O4/c1-21(35)30-15-17-31(18-16-30)25(36)19-33-20-34(24-5-3-2-4-6-24)28(27(33)38)11-13-32(14-12-28)26(37)22-7-9-23(29)10-8-22/h2-10H,11-20H2,1H3. The minimum Gasteiger partial charge on any atom is -0.339 e. The number of anilines is 1. The van der Waals surface area contributed by atoms with Gasteiger partial charge in [0.15, 0.2) is 0 Å². The molecule has 3 heterocycles. The van der Waals surface area contributed by atoms with Crippen LogP contribution in [0.2, 0.25) is 5.02 Å². The van der Waals surface area contributed by atoms with Crippen molar-refractivity contribution in [2.24, 2.45) is 0 Å². The molecule has 4 amide bonds. The largest absolute Gasteiger partial charge is 0.339 e. The fraction of sp³-hybridized carbons (Fsp3) is 0.429. The van der Waals surface area contributed by atoms with Gasteiger partial charge in [0, 0.05) is 62.5 Å². The summed E-state index contributed by atoms with van der Waals surface area (Å²) in [5, 5.41) is 0.574. The number of hydrogen-bond acceptors (Lipinski definition) is 5. The molecule has 0 unspecified atom stereocenters. The zero-order valence-corrected chi connectivity index (χ0v) is 22.3. The minimum atomic E-state index is -0.814. The number of carbonyl (C=O) groups excluding carboxylic acids is 4. The van der Waals surface area contributed by atoms with Crippen molar-refractivity contribution in [1.82, 2.24) is 19.6 Å². The molecule has 0 N–H and O–H groups in total. The maximum atomic E-state index is 14.0. The molecule has 0 saturated carbocycles. The summed E-state index contributed by atoms with van der Waals surface area (Å²) in [5.41, 5.74) is 0.676. The lowest BCUT2D eigenvalue weighted by molar-refractivity contribution is -0.143. The van der Waals surface area contributed by atoms with Gasteiger partial charge in [0.05, 0.1) is 6.67 Å². The topological polar surface area (TPSA) is 84.5 Å².